The number of nitrogens with zero attached hydrogens (tertiary/aromatic N) is 2. The van der Waals surface area contributed by atoms with Crippen LogP contribution in [-0.4, -0.2) is 17.5 Å². The third-order valence-corrected chi connectivity index (χ3v) is 4.88. The van der Waals surface area contributed by atoms with Crippen molar-refractivity contribution in [1.82, 2.24) is 4.90 Å². The number of likely N-dealkylation sites (tertiary alicyclic amines) is 1. The Hall–Kier alpha value is -1.49. The van der Waals surface area contributed by atoms with E-state index in [1.165, 1.54) is 11.1 Å². The van der Waals surface area contributed by atoms with Gasteiger partial charge < -0.3 is 4.90 Å². The summed E-state index contributed by atoms with van der Waals surface area (Å²) in [5.41, 5.74) is 3.21. The van der Waals surface area contributed by atoms with Crippen LogP contribution in [0.1, 0.15) is 31.4 Å². The third-order valence-electron chi connectivity index (χ3n) is 4.88. The SMILES string of the molecule is CC1CN(C#N)C2Cc3ccccc3[C@@]1(C)C2. The van der Waals surface area contributed by atoms with Crippen molar-refractivity contribution in [2.45, 2.75) is 38.1 Å². The molecule has 88 valence electrons. The van der Waals surface area contributed by atoms with Crippen LogP contribution in [0.5, 0.6) is 0 Å². The molecule has 1 aromatic carbocycles. The van der Waals surface area contributed by atoms with Gasteiger partial charge in [-0.1, -0.05) is 38.1 Å². The van der Waals surface area contributed by atoms with Gasteiger partial charge in [-0.05, 0) is 35.3 Å². The second kappa shape index (κ2) is 3.50. The van der Waals surface area contributed by atoms with E-state index in [4.69, 9.17) is 0 Å². The average Bonchev–Trinajstić information content (AvgIpc) is 2.34. The fraction of sp³-hybridized carbons (Fsp3) is 0.533. The van der Waals surface area contributed by atoms with Crippen molar-refractivity contribution < 1.29 is 0 Å². The van der Waals surface area contributed by atoms with Gasteiger partial charge in [-0.3, -0.25) is 0 Å². The number of nitriles is 1. The Morgan fingerprint density at radius 1 is 1.41 bits per heavy atom. The summed E-state index contributed by atoms with van der Waals surface area (Å²) in [5.74, 6) is 0.542. The number of fused-ring (bicyclic) bond motifs is 4. The zero-order valence-corrected chi connectivity index (χ0v) is 10.5. The van der Waals surface area contributed by atoms with E-state index in [9.17, 15) is 5.26 Å². The molecule has 17 heavy (non-hydrogen) atoms. The van der Waals surface area contributed by atoms with Gasteiger partial charge >= 0.3 is 0 Å². The summed E-state index contributed by atoms with van der Waals surface area (Å²) in [5, 5.41) is 9.23. The molecule has 3 atom stereocenters. The molecule has 2 bridgehead atoms. The summed E-state index contributed by atoms with van der Waals surface area (Å²) >= 11 is 0. The molecule has 2 aliphatic rings. The Labute approximate surface area is 103 Å². The molecule has 1 saturated heterocycles. The third kappa shape index (κ3) is 1.38. The summed E-state index contributed by atoms with van der Waals surface area (Å²) in [6.45, 7) is 5.56. The minimum atomic E-state index is 0.257. The number of benzene rings is 1. The van der Waals surface area contributed by atoms with E-state index < -0.39 is 0 Å². The van der Waals surface area contributed by atoms with E-state index in [1.54, 1.807) is 0 Å². The monoisotopic (exact) mass is 226 g/mol. The Bertz CT molecular complexity index is 488. The van der Waals surface area contributed by atoms with E-state index in [0.29, 0.717) is 12.0 Å². The molecular formula is C15H18N2. The maximum Gasteiger partial charge on any atom is 0.179 e. The number of hydrogen-bond donors (Lipinski definition) is 0. The number of rotatable bonds is 0. The maximum atomic E-state index is 9.23. The molecule has 2 heteroatoms. The molecule has 0 amide bonds. The van der Waals surface area contributed by atoms with Crippen molar-refractivity contribution in [3.05, 3.63) is 35.4 Å². The number of piperidine rings is 1. The highest BCUT2D eigenvalue weighted by Crippen LogP contribution is 2.47. The molecule has 0 spiro atoms. The average molecular weight is 226 g/mol. The Morgan fingerprint density at radius 2 is 2.18 bits per heavy atom. The van der Waals surface area contributed by atoms with Crippen molar-refractivity contribution in [1.29, 1.82) is 5.26 Å². The van der Waals surface area contributed by atoms with Gasteiger partial charge in [0.1, 0.15) is 0 Å². The molecular weight excluding hydrogens is 208 g/mol. The summed E-state index contributed by atoms with van der Waals surface area (Å²) in [4.78, 5) is 1.99. The van der Waals surface area contributed by atoms with Crippen LogP contribution in [0, 0.1) is 17.4 Å². The van der Waals surface area contributed by atoms with Gasteiger partial charge in [-0.15, -0.1) is 0 Å². The molecule has 1 fully saturated rings. The van der Waals surface area contributed by atoms with E-state index in [0.717, 1.165) is 19.4 Å². The lowest BCUT2D eigenvalue weighted by atomic mass is 9.60. The first-order valence-corrected chi connectivity index (χ1v) is 6.40. The van der Waals surface area contributed by atoms with Crippen molar-refractivity contribution in [3.8, 4) is 6.19 Å². The summed E-state index contributed by atoms with van der Waals surface area (Å²) in [7, 11) is 0. The molecule has 2 unspecified atom stereocenters. The van der Waals surface area contributed by atoms with Gasteiger partial charge in [-0.25, -0.2) is 0 Å². The van der Waals surface area contributed by atoms with Gasteiger partial charge in [0.25, 0.3) is 0 Å². The van der Waals surface area contributed by atoms with Crippen LogP contribution >= 0.6 is 0 Å². The van der Waals surface area contributed by atoms with Crippen LogP contribution in [0.4, 0.5) is 0 Å². The molecule has 1 aliphatic heterocycles. The predicted octanol–water partition coefficient (Wildman–Crippen LogP) is 2.69. The van der Waals surface area contributed by atoms with Gasteiger partial charge in [0.2, 0.25) is 0 Å². The van der Waals surface area contributed by atoms with Gasteiger partial charge in [0.15, 0.2) is 6.19 Å². The molecule has 2 nitrogen and oxygen atoms in total. The normalized spacial score (nSPS) is 35.0. The van der Waals surface area contributed by atoms with Crippen LogP contribution in [-0.2, 0) is 11.8 Å². The van der Waals surface area contributed by atoms with Crippen molar-refractivity contribution in [2.75, 3.05) is 6.54 Å². The van der Waals surface area contributed by atoms with Crippen molar-refractivity contribution in [3.63, 3.8) is 0 Å². The fourth-order valence-electron chi connectivity index (χ4n) is 3.64. The van der Waals surface area contributed by atoms with E-state index in [-0.39, 0.29) is 5.41 Å². The lowest BCUT2D eigenvalue weighted by Crippen LogP contribution is -2.54. The van der Waals surface area contributed by atoms with Crippen LogP contribution < -0.4 is 0 Å². The summed E-state index contributed by atoms with van der Waals surface area (Å²) in [6, 6.07) is 9.19. The summed E-state index contributed by atoms with van der Waals surface area (Å²) < 4.78 is 0. The van der Waals surface area contributed by atoms with Crippen molar-refractivity contribution in [2.24, 2.45) is 5.92 Å². The smallest absolute Gasteiger partial charge is 0.179 e. The maximum absolute atomic E-state index is 9.23. The molecule has 1 aromatic rings. The highest BCUT2D eigenvalue weighted by atomic mass is 15.2. The van der Waals surface area contributed by atoms with Crippen LogP contribution in [0.3, 0.4) is 0 Å². The molecule has 0 aromatic heterocycles. The molecule has 1 aliphatic carbocycles. The second-order valence-electron chi connectivity index (χ2n) is 5.79. The zero-order valence-electron chi connectivity index (χ0n) is 10.5. The Kier molecular flexibility index (Phi) is 2.19. The van der Waals surface area contributed by atoms with E-state index >= 15 is 0 Å². The Morgan fingerprint density at radius 3 is 2.94 bits per heavy atom. The van der Waals surface area contributed by atoms with Crippen LogP contribution in [0.25, 0.3) is 0 Å². The summed E-state index contributed by atoms with van der Waals surface area (Å²) in [6.07, 6.45) is 4.53. The minimum Gasteiger partial charge on any atom is -0.307 e. The van der Waals surface area contributed by atoms with Gasteiger partial charge in [0.05, 0.1) is 0 Å². The first-order chi connectivity index (χ1) is 8.15. The lowest BCUT2D eigenvalue weighted by molar-refractivity contribution is 0.0860. The largest absolute Gasteiger partial charge is 0.307 e. The highest BCUT2D eigenvalue weighted by molar-refractivity contribution is 5.39. The van der Waals surface area contributed by atoms with E-state index in [1.807, 2.05) is 4.90 Å². The Balaban J connectivity index is 2.12. The zero-order chi connectivity index (χ0) is 12.0. The topological polar surface area (TPSA) is 27.0 Å². The highest BCUT2D eigenvalue weighted by Gasteiger charge is 2.46. The lowest BCUT2D eigenvalue weighted by Gasteiger charge is -2.51. The second-order valence-corrected chi connectivity index (χ2v) is 5.79. The fourth-order valence-corrected chi connectivity index (χ4v) is 3.64. The quantitative estimate of drug-likeness (QED) is 0.636. The van der Waals surface area contributed by atoms with E-state index in [2.05, 4.69) is 44.3 Å². The number of hydrogen-bond acceptors (Lipinski definition) is 2. The standard InChI is InChI=1S/C15H18N2/c1-11-9-17(10-16)13-7-12-5-3-4-6-14(12)15(11,2)8-13/h3-6,11,13H,7-9H2,1-2H3/t11?,13?,15-/m0/s1. The van der Waals surface area contributed by atoms with Gasteiger partial charge in [0, 0.05) is 12.6 Å². The molecule has 1 heterocycles. The first kappa shape index (κ1) is 10.7. The first-order valence-electron chi connectivity index (χ1n) is 6.40. The molecule has 0 saturated carbocycles. The van der Waals surface area contributed by atoms with Crippen molar-refractivity contribution >= 4 is 0 Å². The minimum absolute atomic E-state index is 0.257. The predicted molar refractivity (Wildman–Crippen MR) is 67.4 cm³/mol. The molecule has 3 rings (SSSR count). The van der Waals surface area contributed by atoms with Gasteiger partial charge in [-0.2, -0.15) is 5.26 Å². The molecule has 0 radical (unpaired) electrons. The molecule has 0 N–H and O–H groups in total. The van der Waals surface area contributed by atoms with Crippen LogP contribution in [0.2, 0.25) is 0 Å². The van der Waals surface area contributed by atoms with Crippen LogP contribution in [0.15, 0.2) is 24.3 Å².